The Hall–Kier alpha value is -2.84. The van der Waals surface area contributed by atoms with E-state index >= 15 is 0 Å². The van der Waals surface area contributed by atoms with E-state index in [0.717, 1.165) is 35.9 Å². The number of hydrogen-bond acceptors (Lipinski definition) is 8. The molecule has 1 aromatic carbocycles. The molecule has 1 aromatic heterocycles. The Kier molecular flexibility index (Phi) is 5.53. The molecule has 39 heavy (non-hydrogen) atoms. The summed E-state index contributed by atoms with van der Waals surface area (Å²) in [4.78, 5) is 40.6. The monoisotopic (exact) mass is 543 g/mol. The van der Waals surface area contributed by atoms with Gasteiger partial charge in [-0.2, -0.15) is 0 Å². The molecule has 5 unspecified atom stereocenters. The summed E-state index contributed by atoms with van der Waals surface area (Å²) in [6.45, 7) is 6.16. The summed E-state index contributed by atoms with van der Waals surface area (Å²) in [5, 5.41) is 12.5. The number of benzene rings is 1. The van der Waals surface area contributed by atoms with Gasteiger partial charge in [0.1, 0.15) is 11.1 Å². The third-order valence-corrected chi connectivity index (χ3v) is 11.4. The zero-order valence-electron chi connectivity index (χ0n) is 22.5. The standard InChI is InChI=1S/C31H33N3O4S/c1-17-34-31(25(37)16-39-27-15-32-22-6-4-5-7-23(22)33-27)26(38-17)13-21-20-9-8-18-12-19(35)10-11-29(18,2)28(20)24(36)14-30(21,31)3/h4-7,10-12,15,20-21,24,26,28,36H,8-9,13-14,16H2,1-3H3/t20?,21?,24-,26+,28?,29?,30?,31+/m0/s1. The van der Waals surface area contributed by atoms with Crippen molar-refractivity contribution in [3.8, 4) is 0 Å². The summed E-state index contributed by atoms with van der Waals surface area (Å²) in [5.74, 6) is 1.23. The molecule has 8 atom stereocenters. The first kappa shape index (κ1) is 25.1. The second-order valence-corrected chi connectivity index (χ2v) is 13.4. The van der Waals surface area contributed by atoms with E-state index in [9.17, 15) is 14.7 Å². The number of fused-ring (bicyclic) bond motifs is 8. The van der Waals surface area contributed by atoms with Crippen molar-refractivity contribution in [2.75, 3.05) is 5.75 Å². The van der Waals surface area contributed by atoms with Gasteiger partial charge in [0.15, 0.2) is 23.0 Å². The van der Waals surface area contributed by atoms with Gasteiger partial charge in [0.05, 0.1) is 29.1 Å². The van der Waals surface area contributed by atoms with Crippen LogP contribution >= 0.6 is 11.8 Å². The summed E-state index contributed by atoms with van der Waals surface area (Å²) in [6, 6.07) is 7.71. The Bertz CT molecular complexity index is 1500. The molecule has 0 spiro atoms. The van der Waals surface area contributed by atoms with Crippen molar-refractivity contribution in [1.29, 1.82) is 0 Å². The van der Waals surface area contributed by atoms with E-state index in [1.54, 1.807) is 18.3 Å². The van der Waals surface area contributed by atoms with Crippen LogP contribution in [0.2, 0.25) is 0 Å². The highest BCUT2D eigenvalue weighted by Gasteiger charge is 2.74. The van der Waals surface area contributed by atoms with Gasteiger partial charge in [0.2, 0.25) is 0 Å². The van der Waals surface area contributed by atoms with E-state index in [2.05, 4.69) is 18.8 Å². The van der Waals surface area contributed by atoms with Crippen LogP contribution in [0, 0.1) is 28.6 Å². The Morgan fingerprint density at radius 2 is 2.03 bits per heavy atom. The van der Waals surface area contributed by atoms with E-state index in [-0.39, 0.29) is 46.6 Å². The third kappa shape index (κ3) is 3.43. The van der Waals surface area contributed by atoms with Crippen molar-refractivity contribution in [1.82, 2.24) is 9.97 Å². The number of aromatic nitrogens is 2. The number of hydrogen-bond donors (Lipinski definition) is 1. The zero-order valence-corrected chi connectivity index (χ0v) is 23.3. The summed E-state index contributed by atoms with van der Waals surface area (Å²) in [5.41, 5.74) is 0.841. The van der Waals surface area contributed by atoms with Crippen LogP contribution in [0.3, 0.4) is 0 Å². The van der Waals surface area contributed by atoms with Crippen molar-refractivity contribution < 1.29 is 19.4 Å². The topological polar surface area (TPSA) is 102 Å². The Balaban J connectivity index is 1.21. The number of aliphatic hydroxyl groups is 1. The quantitative estimate of drug-likeness (QED) is 0.556. The molecule has 0 radical (unpaired) electrons. The Morgan fingerprint density at radius 3 is 2.85 bits per heavy atom. The number of allylic oxidation sites excluding steroid dienone is 4. The number of ether oxygens (including phenoxy) is 1. The summed E-state index contributed by atoms with van der Waals surface area (Å²) in [6.07, 6.45) is 9.18. The SMILES string of the molecule is CC1=N[C@]2(C(=O)CSc3cnc4ccccc4n3)[C@@H](CC3C4CCC5=CC(=O)C=CC5(C)C4[C@@H](O)CC32C)O1. The maximum atomic E-state index is 14.3. The zero-order chi connectivity index (χ0) is 27.2. The van der Waals surface area contributed by atoms with Crippen LogP contribution < -0.4 is 0 Å². The molecular weight excluding hydrogens is 510 g/mol. The van der Waals surface area contributed by atoms with E-state index in [0.29, 0.717) is 17.3 Å². The second kappa shape index (κ2) is 8.58. The molecular formula is C31H33N3O4S. The van der Waals surface area contributed by atoms with Gasteiger partial charge in [-0.1, -0.05) is 49.4 Å². The molecule has 1 aliphatic heterocycles. The largest absolute Gasteiger partial charge is 0.475 e. The maximum Gasteiger partial charge on any atom is 0.181 e. The number of para-hydroxylation sites is 2. The van der Waals surface area contributed by atoms with Crippen LogP contribution in [0.25, 0.3) is 11.0 Å². The fourth-order valence-corrected chi connectivity index (χ4v) is 9.74. The van der Waals surface area contributed by atoms with Crippen LogP contribution in [-0.4, -0.2) is 56.0 Å². The van der Waals surface area contributed by atoms with Crippen molar-refractivity contribution in [3.05, 3.63) is 54.3 Å². The average Bonchev–Trinajstić information content (AvgIpc) is 3.37. The summed E-state index contributed by atoms with van der Waals surface area (Å²) < 4.78 is 6.28. The van der Waals surface area contributed by atoms with E-state index in [1.165, 1.54) is 11.8 Å². The van der Waals surface area contributed by atoms with E-state index in [4.69, 9.17) is 14.7 Å². The van der Waals surface area contributed by atoms with Gasteiger partial charge in [-0.15, -0.1) is 0 Å². The number of carbonyl (C=O) groups is 2. The number of nitrogens with zero attached hydrogens (tertiary/aromatic N) is 3. The van der Waals surface area contributed by atoms with Crippen LogP contribution in [-0.2, 0) is 14.3 Å². The van der Waals surface area contributed by atoms with E-state index in [1.807, 2.05) is 37.3 Å². The van der Waals surface area contributed by atoms with Crippen LogP contribution in [0.4, 0.5) is 0 Å². The second-order valence-electron chi connectivity index (χ2n) is 12.4. The van der Waals surface area contributed by atoms with Crippen molar-refractivity contribution in [2.45, 2.75) is 69.2 Å². The lowest BCUT2D eigenvalue weighted by atomic mass is 9.46. The highest BCUT2D eigenvalue weighted by molar-refractivity contribution is 7.99. The lowest BCUT2D eigenvalue weighted by molar-refractivity contribution is -0.141. The normalized spacial score (nSPS) is 40.2. The fourth-order valence-electron chi connectivity index (χ4n) is 8.95. The molecule has 0 amide bonds. The molecule has 7 nitrogen and oxygen atoms in total. The Morgan fingerprint density at radius 1 is 1.23 bits per heavy atom. The number of rotatable bonds is 4. The summed E-state index contributed by atoms with van der Waals surface area (Å²) in [7, 11) is 0. The van der Waals surface area contributed by atoms with Gasteiger partial charge >= 0.3 is 0 Å². The highest BCUT2D eigenvalue weighted by atomic mass is 32.2. The molecule has 8 heteroatoms. The number of Topliss-reactive ketones (excluding diaryl/α,β-unsaturated/α-hetero) is 1. The third-order valence-electron chi connectivity index (χ3n) is 10.5. The fraction of sp³-hybridized carbons (Fsp3) is 0.516. The molecule has 0 saturated heterocycles. The smallest absolute Gasteiger partial charge is 0.181 e. The molecule has 7 rings (SSSR count). The number of thioether (sulfide) groups is 1. The van der Waals surface area contributed by atoms with Gasteiger partial charge < -0.3 is 9.84 Å². The first-order valence-electron chi connectivity index (χ1n) is 13.9. The van der Waals surface area contributed by atoms with Crippen molar-refractivity contribution in [2.24, 2.45) is 33.6 Å². The van der Waals surface area contributed by atoms with Gasteiger partial charge in [-0.25, -0.2) is 9.98 Å². The molecule has 2 aromatic rings. The van der Waals surface area contributed by atoms with Gasteiger partial charge in [0.25, 0.3) is 0 Å². The van der Waals surface area contributed by atoms with Crippen molar-refractivity contribution in [3.63, 3.8) is 0 Å². The first-order chi connectivity index (χ1) is 18.7. The van der Waals surface area contributed by atoms with Crippen LogP contribution in [0.5, 0.6) is 0 Å². The van der Waals surface area contributed by atoms with Gasteiger partial charge in [-0.05, 0) is 61.8 Å². The van der Waals surface area contributed by atoms with Gasteiger partial charge in [0, 0.05) is 23.7 Å². The minimum Gasteiger partial charge on any atom is -0.475 e. The molecule has 1 N–H and O–H groups in total. The molecule has 0 bridgehead atoms. The number of aliphatic hydroxyl groups excluding tert-OH is 1. The highest BCUT2D eigenvalue weighted by Crippen LogP contribution is 2.69. The molecule has 202 valence electrons. The Labute approximate surface area is 232 Å². The average molecular weight is 544 g/mol. The number of ketones is 2. The lowest BCUT2D eigenvalue weighted by Crippen LogP contribution is -2.62. The molecule has 5 aliphatic rings. The van der Waals surface area contributed by atoms with Crippen molar-refractivity contribution >= 4 is 40.3 Å². The number of aliphatic imine (C=N–C) groups is 1. The van der Waals surface area contributed by atoms with Crippen LogP contribution in [0.15, 0.2) is 64.3 Å². The van der Waals surface area contributed by atoms with Crippen LogP contribution in [0.1, 0.15) is 46.5 Å². The predicted molar refractivity (Wildman–Crippen MR) is 149 cm³/mol. The molecule has 2 heterocycles. The minimum atomic E-state index is -1.03. The molecule has 3 saturated carbocycles. The maximum absolute atomic E-state index is 14.3. The minimum absolute atomic E-state index is 0.00164. The number of carbonyl (C=O) groups excluding carboxylic acids is 2. The van der Waals surface area contributed by atoms with E-state index < -0.39 is 17.1 Å². The summed E-state index contributed by atoms with van der Waals surface area (Å²) >= 11 is 1.39. The van der Waals surface area contributed by atoms with Gasteiger partial charge in [-0.3, -0.25) is 14.6 Å². The molecule has 4 aliphatic carbocycles. The molecule has 3 fully saturated rings. The lowest BCUT2D eigenvalue weighted by Gasteiger charge is -2.59. The predicted octanol–water partition coefficient (Wildman–Crippen LogP) is 4.74. The first-order valence-corrected chi connectivity index (χ1v) is 14.9.